The minimum absolute atomic E-state index is 0.0736. The molecule has 2 N–H and O–H groups in total. The van der Waals surface area contributed by atoms with Gasteiger partial charge < -0.3 is 10.5 Å². The lowest BCUT2D eigenvalue weighted by Crippen LogP contribution is -2.17. The van der Waals surface area contributed by atoms with Gasteiger partial charge in [-0.15, -0.1) is 13.2 Å². The number of nitrogen functional groups attached to an aromatic ring is 1. The Hall–Kier alpha value is -1.42. The molecule has 3 nitrogen and oxygen atoms in total. The summed E-state index contributed by atoms with van der Waals surface area (Å²) in [5.74, 6) is -0.467. The highest BCUT2D eigenvalue weighted by Crippen LogP contribution is 2.31. The average molecular weight is 281 g/mol. The molecule has 15 heavy (non-hydrogen) atoms. The highest BCUT2D eigenvalue weighted by Gasteiger charge is 2.31. The smallest absolute Gasteiger partial charge is 0.406 e. The van der Waals surface area contributed by atoms with Gasteiger partial charge in [0.2, 0.25) is 0 Å². The minimum atomic E-state index is -4.78. The lowest BCUT2D eigenvalue weighted by molar-refractivity contribution is -0.274. The second kappa shape index (κ2) is 3.98. The van der Waals surface area contributed by atoms with E-state index in [0.717, 1.165) is 12.1 Å². The number of ether oxygens (including phenoxy) is 1. The van der Waals surface area contributed by atoms with E-state index in [9.17, 15) is 13.2 Å². The molecule has 0 aromatic heterocycles. The highest BCUT2D eigenvalue weighted by atomic mass is 79.9. The summed E-state index contributed by atoms with van der Waals surface area (Å²) in [5, 5.41) is 8.60. The summed E-state index contributed by atoms with van der Waals surface area (Å²) in [6.07, 6.45) is -4.78. The predicted molar refractivity (Wildman–Crippen MR) is 50.0 cm³/mol. The van der Waals surface area contributed by atoms with E-state index in [0.29, 0.717) is 0 Å². The van der Waals surface area contributed by atoms with E-state index in [4.69, 9.17) is 11.0 Å². The van der Waals surface area contributed by atoms with Crippen molar-refractivity contribution in [2.45, 2.75) is 6.36 Å². The van der Waals surface area contributed by atoms with Gasteiger partial charge in [0, 0.05) is 10.5 Å². The zero-order valence-electron chi connectivity index (χ0n) is 7.10. The summed E-state index contributed by atoms with van der Waals surface area (Å²) in [6, 6.07) is 3.72. The summed E-state index contributed by atoms with van der Waals surface area (Å²) in [6.45, 7) is 0. The van der Waals surface area contributed by atoms with Crippen molar-refractivity contribution in [3.63, 3.8) is 0 Å². The molecule has 1 rings (SSSR count). The zero-order chi connectivity index (χ0) is 11.6. The largest absolute Gasteiger partial charge is 0.573 e. The Morgan fingerprint density at radius 3 is 2.40 bits per heavy atom. The molecule has 0 unspecified atom stereocenters. The van der Waals surface area contributed by atoms with Crippen molar-refractivity contribution < 1.29 is 17.9 Å². The summed E-state index contributed by atoms with van der Waals surface area (Å²) >= 11 is 2.92. The molecule has 0 saturated heterocycles. The SMILES string of the molecule is N#Cc1c(N)cc(OC(F)(F)F)cc1Br. The van der Waals surface area contributed by atoms with E-state index < -0.39 is 12.1 Å². The Morgan fingerprint density at radius 1 is 1.40 bits per heavy atom. The van der Waals surface area contributed by atoms with E-state index in [1.807, 2.05) is 0 Å². The number of alkyl halides is 3. The fourth-order valence-electron chi connectivity index (χ4n) is 0.913. The number of nitrogens with zero attached hydrogens (tertiary/aromatic N) is 1. The van der Waals surface area contributed by atoms with Crippen LogP contribution in [-0.4, -0.2) is 6.36 Å². The molecule has 0 heterocycles. The fraction of sp³-hybridized carbons (Fsp3) is 0.125. The number of halogens is 4. The Bertz CT molecular complexity index is 402. The molecule has 1 aromatic rings. The maximum atomic E-state index is 11.8. The summed E-state index contributed by atoms with van der Waals surface area (Å²) in [5.41, 5.74) is 5.35. The van der Waals surface area contributed by atoms with Gasteiger partial charge in [-0.1, -0.05) is 0 Å². The van der Waals surface area contributed by atoms with Gasteiger partial charge >= 0.3 is 6.36 Å². The molecule has 0 aliphatic carbocycles. The molecule has 0 saturated carbocycles. The molecule has 80 valence electrons. The van der Waals surface area contributed by atoms with Crippen LogP contribution in [0.2, 0.25) is 0 Å². The van der Waals surface area contributed by atoms with Crippen molar-refractivity contribution in [2.75, 3.05) is 5.73 Å². The average Bonchev–Trinajstić information content (AvgIpc) is 1.99. The second-order valence-electron chi connectivity index (χ2n) is 2.53. The Kier molecular flexibility index (Phi) is 3.09. The molecule has 1 aromatic carbocycles. The van der Waals surface area contributed by atoms with E-state index >= 15 is 0 Å². The Labute approximate surface area is 91.4 Å². The number of hydrogen-bond acceptors (Lipinski definition) is 3. The summed E-state index contributed by atoms with van der Waals surface area (Å²) in [4.78, 5) is 0. The quantitative estimate of drug-likeness (QED) is 0.805. The maximum absolute atomic E-state index is 11.8. The number of rotatable bonds is 1. The minimum Gasteiger partial charge on any atom is -0.406 e. The van der Waals surface area contributed by atoms with Gasteiger partial charge in [0.25, 0.3) is 0 Å². The van der Waals surface area contributed by atoms with Gasteiger partial charge in [-0.25, -0.2) is 0 Å². The lowest BCUT2D eigenvalue weighted by Gasteiger charge is -2.10. The molecule has 0 spiro atoms. The van der Waals surface area contributed by atoms with Crippen LogP contribution in [0.3, 0.4) is 0 Å². The van der Waals surface area contributed by atoms with Crippen LogP contribution in [0.5, 0.6) is 5.75 Å². The third kappa shape index (κ3) is 3.02. The third-order valence-corrected chi connectivity index (χ3v) is 2.07. The van der Waals surface area contributed by atoms with Crippen molar-refractivity contribution in [1.82, 2.24) is 0 Å². The first-order valence-corrected chi connectivity index (χ1v) is 4.37. The first-order valence-electron chi connectivity index (χ1n) is 3.58. The Balaban J connectivity index is 3.11. The zero-order valence-corrected chi connectivity index (χ0v) is 8.69. The van der Waals surface area contributed by atoms with Crippen LogP contribution in [0, 0.1) is 11.3 Å². The standard InChI is InChI=1S/C8H4BrF3N2O/c9-6-1-4(15-8(10,11)12)2-7(14)5(6)3-13/h1-2H,14H2. The number of anilines is 1. The van der Waals surface area contributed by atoms with Gasteiger partial charge in [0.05, 0.1) is 11.3 Å². The molecule has 0 atom stereocenters. The van der Waals surface area contributed by atoms with Gasteiger partial charge in [0.1, 0.15) is 11.8 Å². The van der Waals surface area contributed by atoms with Crippen LogP contribution in [0.1, 0.15) is 5.56 Å². The number of benzene rings is 1. The molecule has 0 bridgehead atoms. The van der Waals surface area contributed by atoms with E-state index in [2.05, 4.69) is 20.7 Å². The van der Waals surface area contributed by atoms with Gasteiger partial charge in [-0.2, -0.15) is 5.26 Å². The first kappa shape index (κ1) is 11.7. The summed E-state index contributed by atoms with van der Waals surface area (Å²) in [7, 11) is 0. The Morgan fingerprint density at radius 2 is 2.00 bits per heavy atom. The van der Waals surface area contributed by atoms with Gasteiger partial charge in [-0.05, 0) is 22.0 Å². The molecule has 0 aliphatic heterocycles. The molecule has 0 fully saturated rings. The van der Waals surface area contributed by atoms with Crippen LogP contribution in [0.15, 0.2) is 16.6 Å². The van der Waals surface area contributed by atoms with Crippen molar-refractivity contribution in [2.24, 2.45) is 0 Å². The van der Waals surface area contributed by atoms with E-state index in [1.165, 1.54) is 0 Å². The number of nitrogens with two attached hydrogens (primary N) is 1. The monoisotopic (exact) mass is 280 g/mol. The highest BCUT2D eigenvalue weighted by molar-refractivity contribution is 9.10. The predicted octanol–water partition coefficient (Wildman–Crippen LogP) is 2.80. The van der Waals surface area contributed by atoms with Gasteiger partial charge in [-0.3, -0.25) is 0 Å². The van der Waals surface area contributed by atoms with Crippen LogP contribution < -0.4 is 10.5 Å². The second-order valence-corrected chi connectivity index (χ2v) is 3.38. The molecule has 7 heteroatoms. The molecule has 0 aliphatic rings. The molecular weight excluding hydrogens is 277 g/mol. The normalized spacial score (nSPS) is 10.9. The van der Waals surface area contributed by atoms with Crippen LogP contribution in [0.25, 0.3) is 0 Å². The van der Waals surface area contributed by atoms with Crippen molar-refractivity contribution in [3.05, 3.63) is 22.2 Å². The van der Waals surface area contributed by atoms with Crippen LogP contribution >= 0.6 is 15.9 Å². The van der Waals surface area contributed by atoms with Crippen molar-refractivity contribution in [3.8, 4) is 11.8 Å². The molecule has 0 amide bonds. The number of hydrogen-bond donors (Lipinski definition) is 1. The maximum Gasteiger partial charge on any atom is 0.573 e. The van der Waals surface area contributed by atoms with Crippen LogP contribution in [0.4, 0.5) is 18.9 Å². The van der Waals surface area contributed by atoms with Crippen LogP contribution in [-0.2, 0) is 0 Å². The van der Waals surface area contributed by atoms with E-state index in [-0.39, 0.29) is 15.7 Å². The fourth-order valence-corrected chi connectivity index (χ4v) is 1.46. The summed E-state index contributed by atoms with van der Waals surface area (Å²) < 4.78 is 39.3. The van der Waals surface area contributed by atoms with Crippen molar-refractivity contribution in [1.29, 1.82) is 5.26 Å². The van der Waals surface area contributed by atoms with Crippen molar-refractivity contribution >= 4 is 21.6 Å². The first-order chi connectivity index (χ1) is 6.83. The molecule has 0 radical (unpaired) electrons. The molecular formula is C8H4BrF3N2O. The van der Waals surface area contributed by atoms with Gasteiger partial charge in [0.15, 0.2) is 0 Å². The number of nitriles is 1. The van der Waals surface area contributed by atoms with E-state index in [1.54, 1.807) is 6.07 Å². The third-order valence-electron chi connectivity index (χ3n) is 1.44. The topological polar surface area (TPSA) is 59.0 Å². The lowest BCUT2D eigenvalue weighted by atomic mass is 10.2.